The van der Waals surface area contributed by atoms with Gasteiger partial charge in [0.05, 0.1) is 0 Å². The van der Waals surface area contributed by atoms with Crippen LogP contribution in [0.1, 0.15) is 26.3 Å². The van der Waals surface area contributed by atoms with Gasteiger partial charge in [-0.2, -0.15) is 0 Å². The summed E-state index contributed by atoms with van der Waals surface area (Å²) in [4.78, 5) is 0. The molecular weight excluding hydrogens is 240 g/mol. The summed E-state index contributed by atoms with van der Waals surface area (Å²) >= 11 is 0. The molecule has 0 nitrogen and oxygen atoms in total. The molecule has 20 heavy (non-hydrogen) atoms. The van der Waals surface area contributed by atoms with Crippen LogP contribution in [0.25, 0.3) is 21.9 Å². The molecule has 0 saturated heterocycles. The molecule has 0 heterocycles. The van der Waals surface area contributed by atoms with Gasteiger partial charge in [-0.1, -0.05) is 81.4 Å². The summed E-state index contributed by atoms with van der Waals surface area (Å²) in [6.07, 6.45) is 0. The summed E-state index contributed by atoms with van der Waals surface area (Å²) in [5.74, 6) is 0. The van der Waals surface area contributed by atoms with E-state index < -0.39 is 0 Å². The molecule has 0 bridgehead atoms. The lowest BCUT2D eigenvalue weighted by Gasteiger charge is -2.19. The summed E-state index contributed by atoms with van der Waals surface area (Å²) < 4.78 is 0. The lowest BCUT2D eigenvalue weighted by molar-refractivity contribution is 0.591. The van der Waals surface area contributed by atoms with E-state index in [4.69, 9.17) is 0 Å². The molecule has 3 rings (SSSR count). The normalized spacial score (nSPS) is 11.8. The van der Waals surface area contributed by atoms with Gasteiger partial charge in [-0.15, -0.1) is 0 Å². The van der Waals surface area contributed by atoms with Gasteiger partial charge in [0.1, 0.15) is 0 Å². The Kier molecular flexibility index (Phi) is 3.10. The van der Waals surface area contributed by atoms with Crippen molar-refractivity contribution in [2.24, 2.45) is 0 Å². The monoisotopic (exact) mass is 260 g/mol. The summed E-state index contributed by atoms with van der Waals surface area (Å²) in [6.45, 7) is 6.77. The number of rotatable bonds is 1. The molecule has 0 heteroatoms. The molecule has 0 aliphatic carbocycles. The van der Waals surface area contributed by atoms with Gasteiger partial charge in [0.2, 0.25) is 0 Å². The van der Waals surface area contributed by atoms with Crippen LogP contribution < -0.4 is 0 Å². The van der Waals surface area contributed by atoms with E-state index in [1.807, 2.05) is 0 Å². The lowest BCUT2D eigenvalue weighted by Crippen LogP contribution is -2.10. The molecule has 0 fully saturated rings. The zero-order valence-electron chi connectivity index (χ0n) is 12.4. The highest BCUT2D eigenvalue weighted by Gasteiger charge is 2.13. The van der Waals surface area contributed by atoms with Gasteiger partial charge >= 0.3 is 0 Å². The van der Waals surface area contributed by atoms with Crippen LogP contribution in [0, 0.1) is 0 Å². The minimum atomic E-state index is 0.201. The number of benzene rings is 3. The highest BCUT2D eigenvalue weighted by molar-refractivity contribution is 5.88. The standard InChI is InChI=1S/C20H20/c1-20(2,3)19-12-11-17-13-16(9-10-18(17)14-19)15-7-5-4-6-8-15/h4-14H,1-3H3. The Morgan fingerprint density at radius 3 is 1.95 bits per heavy atom. The first-order valence-corrected chi connectivity index (χ1v) is 7.14. The Balaban J connectivity index is 2.10. The second kappa shape index (κ2) is 4.79. The summed E-state index contributed by atoms with van der Waals surface area (Å²) in [5, 5.41) is 2.62. The SMILES string of the molecule is CC(C)(C)c1ccc2cc(-c3ccccc3)ccc2c1. The fraction of sp³-hybridized carbons (Fsp3) is 0.200. The molecule has 100 valence electrons. The molecule has 0 spiro atoms. The van der Waals surface area contributed by atoms with Gasteiger partial charge in [-0.05, 0) is 38.9 Å². The van der Waals surface area contributed by atoms with Crippen LogP contribution >= 0.6 is 0 Å². The molecule has 0 radical (unpaired) electrons. The third-order valence-electron chi connectivity index (χ3n) is 3.81. The molecule has 0 aliphatic heterocycles. The van der Waals surface area contributed by atoms with E-state index in [2.05, 4.69) is 87.5 Å². The van der Waals surface area contributed by atoms with E-state index in [1.54, 1.807) is 0 Å². The van der Waals surface area contributed by atoms with E-state index >= 15 is 0 Å². The van der Waals surface area contributed by atoms with Crippen molar-refractivity contribution in [2.75, 3.05) is 0 Å². The Morgan fingerprint density at radius 1 is 0.600 bits per heavy atom. The Bertz CT molecular complexity index is 731. The van der Waals surface area contributed by atoms with Crippen molar-refractivity contribution in [3.63, 3.8) is 0 Å². The Hall–Kier alpha value is -2.08. The molecule has 3 aromatic rings. The number of hydrogen-bond acceptors (Lipinski definition) is 0. The van der Waals surface area contributed by atoms with E-state index in [0.29, 0.717) is 0 Å². The van der Waals surface area contributed by atoms with Crippen molar-refractivity contribution in [3.8, 4) is 11.1 Å². The zero-order chi connectivity index (χ0) is 14.2. The maximum absolute atomic E-state index is 2.31. The summed E-state index contributed by atoms with van der Waals surface area (Å²) in [5.41, 5.74) is 4.14. The van der Waals surface area contributed by atoms with Crippen LogP contribution in [0.3, 0.4) is 0 Å². The van der Waals surface area contributed by atoms with Gasteiger partial charge < -0.3 is 0 Å². The minimum absolute atomic E-state index is 0.201. The molecular formula is C20H20. The summed E-state index contributed by atoms with van der Waals surface area (Å²) in [6, 6.07) is 24.1. The average Bonchev–Trinajstić information content (AvgIpc) is 2.46. The Morgan fingerprint density at radius 2 is 1.25 bits per heavy atom. The topological polar surface area (TPSA) is 0 Å². The Labute approximate surface area is 121 Å². The van der Waals surface area contributed by atoms with Crippen LogP contribution in [0.5, 0.6) is 0 Å². The van der Waals surface area contributed by atoms with E-state index in [0.717, 1.165) is 0 Å². The predicted octanol–water partition coefficient (Wildman–Crippen LogP) is 5.80. The molecule has 0 saturated carbocycles. The molecule has 0 aliphatic rings. The fourth-order valence-electron chi connectivity index (χ4n) is 2.52. The van der Waals surface area contributed by atoms with Crippen molar-refractivity contribution in [1.82, 2.24) is 0 Å². The first kappa shape index (κ1) is 12.9. The second-order valence-electron chi connectivity index (χ2n) is 6.39. The summed E-state index contributed by atoms with van der Waals surface area (Å²) in [7, 11) is 0. The smallest absolute Gasteiger partial charge is 0.0132 e. The molecule has 0 unspecified atom stereocenters. The highest BCUT2D eigenvalue weighted by atomic mass is 14.2. The molecule has 0 amide bonds. The third kappa shape index (κ3) is 2.46. The average molecular weight is 260 g/mol. The number of hydrogen-bond donors (Lipinski definition) is 0. The van der Waals surface area contributed by atoms with Crippen molar-refractivity contribution in [2.45, 2.75) is 26.2 Å². The van der Waals surface area contributed by atoms with Gasteiger partial charge in [0.25, 0.3) is 0 Å². The second-order valence-corrected chi connectivity index (χ2v) is 6.39. The van der Waals surface area contributed by atoms with Crippen molar-refractivity contribution >= 4 is 10.8 Å². The van der Waals surface area contributed by atoms with Crippen LogP contribution in [-0.4, -0.2) is 0 Å². The fourth-order valence-corrected chi connectivity index (χ4v) is 2.52. The molecule has 0 atom stereocenters. The van der Waals surface area contributed by atoms with Crippen molar-refractivity contribution in [1.29, 1.82) is 0 Å². The number of fused-ring (bicyclic) bond motifs is 1. The van der Waals surface area contributed by atoms with Gasteiger partial charge in [-0.3, -0.25) is 0 Å². The highest BCUT2D eigenvalue weighted by Crippen LogP contribution is 2.29. The molecule has 0 N–H and O–H groups in total. The van der Waals surface area contributed by atoms with Crippen LogP contribution in [0.4, 0.5) is 0 Å². The molecule has 0 aromatic heterocycles. The maximum atomic E-state index is 2.31. The first-order valence-electron chi connectivity index (χ1n) is 7.14. The van der Waals surface area contributed by atoms with Crippen molar-refractivity contribution in [3.05, 3.63) is 72.3 Å². The van der Waals surface area contributed by atoms with Crippen LogP contribution in [0.2, 0.25) is 0 Å². The quantitative estimate of drug-likeness (QED) is 0.518. The van der Waals surface area contributed by atoms with Gasteiger partial charge in [0.15, 0.2) is 0 Å². The third-order valence-corrected chi connectivity index (χ3v) is 3.81. The first-order chi connectivity index (χ1) is 9.54. The van der Waals surface area contributed by atoms with Gasteiger partial charge in [0, 0.05) is 0 Å². The zero-order valence-corrected chi connectivity index (χ0v) is 12.4. The predicted molar refractivity (Wildman–Crippen MR) is 88.1 cm³/mol. The largest absolute Gasteiger partial charge is 0.0622 e. The minimum Gasteiger partial charge on any atom is -0.0622 e. The van der Waals surface area contributed by atoms with Crippen molar-refractivity contribution < 1.29 is 0 Å². The van der Waals surface area contributed by atoms with Gasteiger partial charge in [-0.25, -0.2) is 0 Å². The van der Waals surface area contributed by atoms with E-state index in [1.165, 1.54) is 27.5 Å². The van der Waals surface area contributed by atoms with E-state index in [9.17, 15) is 0 Å². The maximum Gasteiger partial charge on any atom is -0.0132 e. The van der Waals surface area contributed by atoms with Crippen LogP contribution in [-0.2, 0) is 5.41 Å². The van der Waals surface area contributed by atoms with Crippen LogP contribution in [0.15, 0.2) is 66.7 Å². The molecule has 3 aromatic carbocycles. The lowest BCUT2D eigenvalue weighted by atomic mass is 9.85. The van der Waals surface area contributed by atoms with E-state index in [-0.39, 0.29) is 5.41 Å².